The van der Waals surface area contributed by atoms with Gasteiger partial charge in [0.15, 0.2) is 5.60 Å². The van der Waals surface area contributed by atoms with Gasteiger partial charge in [0.1, 0.15) is 0 Å². The second-order valence-electron chi connectivity index (χ2n) is 6.05. The van der Waals surface area contributed by atoms with Gasteiger partial charge in [-0.2, -0.15) is 13.2 Å². The van der Waals surface area contributed by atoms with Crippen LogP contribution in [0.2, 0.25) is 0 Å². The Morgan fingerprint density at radius 3 is 2.48 bits per heavy atom. The van der Waals surface area contributed by atoms with Gasteiger partial charge >= 0.3 is 6.18 Å². The molecule has 0 amide bonds. The third kappa shape index (κ3) is 1.82. The molecule has 1 N–H and O–H groups in total. The van der Waals surface area contributed by atoms with Crippen LogP contribution in [-0.4, -0.2) is 16.7 Å². The largest absolute Gasteiger partial charge is 0.422 e. The standard InChI is InChI=1S/C16H16ClF3O/c1-8-7-12-13(14(17)9(8)2)10-5-3-4-6-11(10)15(12,21)16(18,19)20/h3-7,9,12-14,21H,1-2H3. The van der Waals surface area contributed by atoms with Crippen molar-refractivity contribution >= 4 is 11.6 Å². The van der Waals surface area contributed by atoms with Crippen molar-refractivity contribution in [3.05, 3.63) is 47.0 Å². The summed E-state index contributed by atoms with van der Waals surface area (Å²) in [6.45, 7) is 3.68. The van der Waals surface area contributed by atoms with Crippen LogP contribution in [-0.2, 0) is 5.60 Å². The summed E-state index contributed by atoms with van der Waals surface area (Å²) in [6, 6.07) is 6.22. The van der Waals surface area contributed by atoms with Gasteiger partial charge in [-0.05, 0) is 24.0 Å². The van der Waals surface area contributed by atoms with Gasteiger partial charge < -0.3 is 5.11 Å². The highest BCUT2D eigenvalue weighted by Gasteiger charge is 2.67. The summed E-state index contributed by atoms with van der Waals surface area (Å²) in [4.78, 5) is 0. The van der Waals surface area contributed by atoms with Gasteiger partial charge in [-0.25, -0.2) is 0 Å². The van der Waals surface area contributed by atoms with Crippen LogP contribution in [0.25, 0.3) is 0 Å². The van der Waals surface area contributed by atoms with Crippen LogP contribution in [0.15, 0.2) is 35.9 Å². The molecule has 5 atom stereocenters. The fourth-order valence-corrected chi connectivity index (χ4v) is 4.19. The fourth-order valence-electron chi connectivity index (χ4n) is 3.70. The minimum absolute atomic E-state index is 0.0171. The summed E-state index contributed by atoms with van der Waals surface area (Å²) >= 11 is 6.45. The van der Waals surface area contributed by atoms with Crippen molar-refractivity contribution in [3.63, 3.8) is 0 Å². The van der Waals surface area contributed by atoms with Gasteiger partial charge in [0, 0.05) is 17.2 Å². The smallest absolute Gasteiger partial charge is 0.376 e. The first-order valence-electron chi connectivity index (χ1n) is 6.90. The third-order valence-electron chi connectivity index (χ3n) is 5.01. The molecule has 0 aromatic heterocycles. The van der Waals surface area contributed by atoms with Crippen LogP contribution in [0.5, 0.6) is 0 Å². The first kappa shape index (κ1) is 14.9. The molecule has 21 heavy (non-hydrogen) atoms. The maximum atomic E-state index is 13.6. The van der Waals surface area contributed by atoms with Crippen LogP contribution in [0.3, 0.4) is 0 Å². The molecule has 0 saturated carbocycles. The van der Waals surface area contributed by atoms with E-state index in [1.807, 2.05) is 6.92 Å². The van der Waals surface area contributed by atoms with E-state index in [2.05, 4.69) is 0 Å². The second-order valence-corrected chi connectivity index (χ2v) is 6.55. The number of benzene rings is 1. The number of aliphatic hydroxyl groups is 1. The first-order chi connectivity index (χ1) is 9.69. The molecule has 5 heteroatoms. The number of hydrogen-bond acceptors (Lipinski definition) is 1. The molecule has 0 heterocycles. The molecule has 0 radical (unpaired) electrons. The van der Waals surface area contributed by atoms with Gasteiger partial charge in [-0.3, -0.25) is 0 Å². The molecule has 1 aromatic carbocycles. The Hall–Kier alpha value is -1.00. The summed E-state index contributed by atoms with van der Waals surface area (Å²) in [5, 5.41) is 10.1. The van der Waals surface area contributed by atoms with Gasteiger partial charge in [-0.1, -0.05) is 42.8 Å². The molecular weight excluding hydrogens is 301 g/mol. The number of rotatable bonds is 0. The van der Waals surface area contributed by atoms with E-state index < -0.39 is 29.0 Å². The molecule has 2 aliphatic rings. The molecule has 114 valence electrons. The predicted octanol–water partition coefficient (Wildman–Crippen LogP) is 4.35. The van der Waals surface area contributed by atoms with Crippen molar-refractivity contribution in [1.29, 1.82) is 0 Å². The zero-order chi connectivity index (χ0) is 15.6. The molecule has 2 aliphatic carbocycles. The number of hydrogen-bond donors (Lipinski definition) is 1. The lowest BCUT2D eigenvalue weighted by molar-refractivity contribution is -0.279. The van der Waals surface area contributed by atoms with E-state index in [9.17, 15) is 18.3 Å². The van der Waals surface area contributed by atoms with E-state index in [1.54, 1.807) is 25.1 Å². The molecular formula is C16H16ClF3O. The lowest BCUT2D eigenvalue weighted by atomic mass is 9.72. The lowest BCUT2D eigenvalue weighted by Crippen LogP contribution is -2.48. The second kappa shape index (κ2) is 4.50. The Morgan fingerprint density at radius 1 is 1.24 bits per heavy atom. The molecule has 0 fully saturated rings. The SMILES string of the molecule is CC1=CC2C(c3ccccc3C2(O)C(F)(F)F)C(Cl)C1C. The summed E-state index contributed by atoms with van der Waals surface area (Å²) in [5.41, 5.74) is -1.61. The van der Waals surface area contributed by atoms with Crippen LogP contribution in [0.1, 0.15) is 30.9 Å². The third-order valence-corrected chi connectivity index (χ3v) is 5.66. The van der Waals surface area contributed by atoms with Crippen molar-refractivity contribution < 1.29 is 18.3 Å². The molecule has 5 unspecified atom stereocenters. The molecule has 0 aliphatic heterocycles. The zero-order valence-electron chi connectivity index (χ0n) is 11.7. The maximum Gasteiger partial charge on any atom is 0.422 e. The van der Waals surface area contributed by atoms with E-state index >= 15 is 0 Å². The van der Waals surface area contributed by atoms with E-state index in [0.29, 0.717) is 5.56 Å². The van der Waals surface area contributed by atoms with E-state index in [-0.39, 0.29) is 11.5 Å². The number of allylic oxidation sites excluding steroid dienone is 1. The number of alkyl halides is 4. The number of fused-ring (bicyclic) bond motifs is 3. The molecule has 3 rings (SSSR count). The Kier molecular flexibility index (Phi) is 3.19. The Bertz CT molecular complexity index is 610. The summed E-state index contributed by atoms with van der Waals surface area (Å²) < 4.78 is 40.9. The predicted molar refractivity (Wildman–Crippen MR) is 75.2 cm³/mol. The highest BCUT2D eigenvalue weighted by molar-refractivity contribution is 6.21. The summed E-state index contributed by atoms with van der Waals surface area (Å²) in [5.74, 6) is -1.60. The monoisotopic (exact) mass is 316 g/mol. The maximum absolute atomic E-state index is 13.6. The molecule has 1 aromatic rings. The normalized spacial score (nSPS) is 38.7. The molecule has 0 saturated heterocycles. The molecule has 0 bridgehead atoms. The van der Waals surface area contributed by atoms with E-state index in [0.717, 1.165) is 5.57 Å². The first-order valence-corrected chi connectivity index (χ1v) is 7.34. The Labute approximate surface area is 126 Å². The van der Waals surface area contributed by atoms with Crippen molar-refractivity contribution in [2.24, 2.45) is 11.8 Å². The highest BCUT2D eigenvalue weighted by atomic mass is 35.5. The highest BCUT2D eigenvalue weighted by Crippen LogP contribution is 2.61. The van der Waals surface area contributed by atoms with Gasteiger partial charge in [0.2, 0.25) is 0 Å². The lowest BCUT2D eigenvalue weighted by Gasteiger charge is -2.39. The quantitative estimate of drug-likeness (QED) is 0.557. The van der Waals surface area contributed by atoms with E-state index in [4.69, 9.17) is 11.6 Å². The van der Waals surface area contributed by atoms with Crippen LogP contribution in [0.4, 0.5) is 13.2 Å². The Balaban J connectivity index is 2.28. The van der Waals surface area contributed by atoms with E-state index in [1.165, 1.54) is 12.1 Å². The summed E-state index contributed by atoms with van der Waals surface area (Å²) in [6.07, 6.45) is -3.18. The molecule has 0 spiro atoms. The summed E-state index contributed by atoms with van der Waals surface area (Å²) in [7, 11) is 0. The van der Waals surface area contributed by atoms with Crippen molar-refractivity contribution in [1.82, 2.24) is 0 Å². The zero-order valence-corrected chi connectivity index (χ0v) is 12.4. The fraction of sp³-hybridized carbons (Fsp3) is 0.500. The minimum atomic E-state index is -4.74. The Morgan fingerprint density at radius 2 is 1.86 bits per heavy atom. The van der Waals surface area contributed by atoms with Crippen molar-refractivity contribution in [3.8, 4) is 0 Å². The average Bonchev–Trinajstić information content (AvgIpc) is 2.67. The van der Waals surface area contributed by atoms with Crippen molar-refractivity contribution in [2.45, 2.75) is 36.9 Å². The number of halogens is 4. The topological polar surface area (TPSA) is 20.2 Å². The minimum Gasteiger partial charge on any atom is -0.376 e. The average molecular weight is 317 g/mol. The van der Waals surface area contributed by atoms with Crippen LogP contribution in [0, 0.1) is 11.8 Å². The van der Waals surface area contributed by atoms with Gasteiger partial charge in [0.05, 0.1) is 0 Å². The van der Waals surface area contributed by atoms with Crippen LogP contribution >= 0.6 is 11.6 Å². The van der Waals surface area contributed by atoms with Crippen molar-refractivity contribution in [2.75, 3.05) is 0 Å². The van der Waals surface area contributed by atoms with Crippen LogP contribution < -0.4 is 0 Å². The molecule has 1 nitrogen and oxygen atoms in total. The van der Waals surface area contributed by atoms with Gasteiger partial charge in [0.25, 0.3) is 0 Å². The van der Waals surface area contributed by atoms with Gasteiger partial charge in [-0.15, -0.1) is 11.6 Å².